The summed E-state index contributed by atoms with van der Waals surface area (Å²) in [5.41, 5.74) is 0.718. The molecular formula is C12H21N3O2. The molecule has 0 aliphatic heterocycles. The van der Waals surface area contributed by atoms with Gasteiger partial charge < -0.3 is 15.0 Å². The SMILES string of the molecule is CCN(CC)C(=O)CCCc1ncc(CO)[nH]1. The fourth-order valence-electron chi connectivity index (χ4n) is 1.75. The molecule has 0 aromatic carbocycles. The van der Waals surface area contributed by atoms with Crippen molar-refractivity contribution in [2.24, 2.45) is 0 Å². The topological polar surface area (TPSA) is 69.2 Å². The van der Waals surface area contributed by atoms with E-state index in [0.717, 1.165) is 37.4 Å². The summed E-state index contributed by atoms with van der Waals surface area (Å²) < 4.78 is 0. The van der Waals surface area contributed by atoms with Gasteiger partial charge in [0, 0.05) is 25.9 Å². The number of aromatic amines is 1. The molecule has 1 rings (SSSR count). The summed E-state index contributed by atoms with van der Waals surface area (Å²) in [7, 11) is 0. The van der Waals surface area contributed by atoms with E-state index in [0.29, 0.717) is 6.42 Å². The van der Waals surface area contributed by atoms with Crippen LogP contribution in [0.5, 0.6) is 0 Å². The van der Waals surface area contributed by atoms with Crippen LogP contribution in [-0.2, 0) is 17.8 Å². The predicted molar refractivity (Wildman–Crippen MR) is 65.4 cm³/mol. The molecule has 17 heavy (non-hydrogen) atoms. The molecule has 0 unspecified atom stereocenters. The van der Waals surface area contributed by atoms with Crippen LogP contribution in [0.1, 0.15) is 38.2 Å². The van der Waals surface area contributed by atoms with E-state index in [4.69, 9.17) is 5.11 Å². The van der Waals surface area contributed by atoms with Gasteiger partial charge in [0.15, 0.2) is 0 Å². The van der Waals surface area contributed by atoms with Crippen LogP contribution in [0.15, 0.2) is 6.20 Å². The van der Waals surface area contributed by atoms with E-state index >= 15 is 0 Å². The summed E-state index contributed by atoms with van der Waals surface area (Å²) in [5.74, 6) is 1.03. The van der Waals surface area contributed by atoms with E-state index in [1.165, 1.54) is 0 Å². The highest BCUT2D eigenvalue weighted by Gasteiger charge is 2.09. The molecule has 0 bridgehead atoms. The number of hydrogen-bond donors (Lipinski definition) is 2. The molecule has 1 aromatic heterocycles. The molecule has 5 nitrogen and oxygen atoms in total. The van der Waals surface area contributed by atoms with E-state index in [1.807, 2.05) is 18.7 Å². The second-order valence-electron chi connectivity index (χ2n) is 3.93. The van der Waals surface area contributed by atoms with Crippen molar-refractivity contribution in [3.63, 3.8) is 0 Å². The smallest absolute Gasteiger partial charge is 0.222 e. The molecule has 96 valence electrons. The first kappa shape index (κ1) is 13.7. The zero-order chi connectivity index (χ0) is 12.7. The van der Waals surface area contributed by atoms with Gasteiger partial charge in [-0.05, 0) is 20.3 Å². The molecule has 2 N–H and O–H groups in total. The van der Waals surface area contributed by atoms with Crippen LogP contribution in [0, 0.1) is 0 Å². The van der Waals surface area contributed by atoms with Crippen LogP contribution in [0.4, 0.5) is 0 Å². The number of amides is 1. The van der Waals surface area contributed by atoms with Gasteiger partial charge in [0.1, 0.15) is 5.82 Å². The Labute approximate surface area is 102 Å². The first-order valence-corrected chi connectivity index (χ1v) is 6.12. The Morgan fingerprint density at radius 1 is 1.47 bits per heavy atom. The molecule has 0 aliphatic carbocycles. The molecule has 0 aliphatic rings. The lowest BCUT2D eigenvalue weighted by molar-refractivity contribution is -0.130. The molecule has 1 aromatic rings. The molecule has 5 heteroatoms. The minimum Gasteiger partial charge on any atom is -0.390 e. The number of rotatable bonds is 7. The number of imidazole rings is 1. The lowest BCUT2D eigenvalue weighted by Crippen LogP contribution is -2.30. The molecule has 0 atom stereocenters. The Balaban J connectivity index is 2.29. The van der Waals surface area contributed by atoms with Gasteiger partial charge in [-0.1, -0.05) is 0 Å². The van der Waals surface area contributed by atoms with Crippen molar-refractivity contribution in [3.05, 3.63) is 17.7 Å². The summed E-state index contributed by atoms with van der Waals surface area (Å²) in [6.07, 6.45) is 3.71. The molecular weight excluding hydrogens is 218 g/mol. The average molecular weight is 239 g/mol. The second kappa shape index (κ2) is 7.06. The van der Waals surface area contributed by atoms with Gasteiger partial charge in [-0.25, -0.2) is 4.98 Å². The number of hydrogen-bond acceptors (Lipinski definition) is 3. The van der Waals surface area contributed by atoms with E-state index in [2.05, 4.69) is 9.97 Å². The predicted octanol–water partition coefficient (Wildman–Crippen LogP) is 1.09. The number of aliphatic hydroxyl groups is 1. The van der Waals surface area contributed by atoms with Gasteiger partial charge in [0.05, 0.1) is 18.5 Å². The van der Waals surface area contributed by atoms with Gasteiger partial charge >= 0.3 is 0 Å². The zero-order valence-corrected chi connectivity index (χ0v) is 10.6. The summed E-state index contributed by atoms with van der Waals surface area (Å²) in [5, 5.41) is 8.87. The highest BCUT2D eigenvalue weighted by molar-refractivity contribution is 5.76. The quantitative estimate of drug-likeness (QED) is 0.748. The van der Waals surface area contributed by atoms with Crippen LogP contribution in [-0.4, -0.2) is 39.0 Å². The monoisotopic (exact) mass is 239 g/mol. The second-order valence-corrected chi connectivity index (χ2v) is 3.93. The lowest BCUT2D eigenvalue weighted by Gasteiger charge is -2.18. The van der Waals surface area contributed by atoms with Gasteiger partial charge in [0.25, 0.3) is 0 Å². The number of H-pyrrole nitrogens is 1. The molecule has 1 heterocycles. The fourth-order valence-corrected chi connectivity index (χ4v) is 1.75. The third-order valence-electron chi connectivity index (χ3n) is 2.77. The number of carbonyl (C=O) groups is 1. The molecule has 0 fully saturated rings. The fraction of sp³-hybridized carbons (Fsp3) is 0.667. The molecule has 0 saturated carbocycles. The van der Waals surface area contributed by atoms with E-state index in [1.54, 1.807) is 6.20 Å². The third-order valence-corrected chi connectivity index (χ3v) is 2.77. The molecule has 0 radical (unpaired) electrons. The van der Waals surface area contributed by atoms with Crippen LogP contribution in [0.2, 0.25) is 0 Å². The maximum Gasteiger partial charge on any atom is 0.222 e. The van der Waals surface area contributed by atoms with Crippen molar-refractivity contribution in [1.82, 2.24) is 14.9 Å². The highest BCUT2D eigenvalue weighted by Crippen LogP contribution is 2.04. The maximum absolute atomic E-state index is 11.7. The van der Waals surface area contributed by atoms with Crippen molar-refractivity contribution in [3.8, 4) is 0 Å². The van der Waals surface area contributed by atoms with Crippen molar-refractivity contribution in [2.45, 2.75) is 39.7 Å². The van der Waals surface area contributed by atoms with Gasteiger partial charge in [0.2, 0.25) is 5.91 Å². The van der Waals surface area contributed by atoms with Crippen molar-refractivity contribution >= 4 is 5.91 Å². The van der Waals surface area contributed by atoms with E-state index in [-0.39, 0.29) is 12.5 Å². The van der Waals surface area contributed by atoms with Gasteiger partial charge in [-0.3, -0.25) is 4.79 Å². The third kappa shape index (κ3) is 4.19. The van der Waals surface area contributed by atoms with Crippen molar-refractivity contribution < 1.29 is 9.90 Å². The lowest BCUT2D eigenvalue weighted by atomic mass is 10.2. The summed E-state index contributed by atoms with van der Waals surface area (Å²) in [4.78, 5) is 20.7. The standard InChI is InChI=1S/C12H21N3O2/c1-3-15(4-2)12(17)7-5-6-11-13-8-10(9-16)14-11/h8,16H,3-7,9H2,1-2H3,(H,13,14). The summed E-state index contributed by atoms with van der Waals surface area (Å²) in [6.45, 7) is 5.49. The van der Waals surface area contributed by atoms with E-state index < -0.39 is 0 Å². The first-order valence-electron chi connectivity index (χ1n) is 6.12. The van der Waals surface area contributed by atoms with Crippen molar-refractivity contribution in [1.29, 1.82) is 0 Å². The average Bonchev–Trinajstić information content (AvgIpc) is 2.78. The Hall–Kier alpha value is -1.36. The van der Waals surface area contributed by atoms with Gasteiger partial charge in [-0.2, -0.15) is 0 Å². The minimum atomic E-state index is -0.0224. The number of aliphatic hydroxyl groups excluding tert-OH is 1. The number of nitrogens with one attached hydrogen (secondary N) is 1. The number of carbonyl (C=O) groups excluding carboxylic acids is 1. The van der Waals surface area contributed by atoms with E-state index in [9.17, 15) is 4.79 Å². The minimum absolute atomic E-state index is 0.0224. The van der Waals surface area contributed by atoms with Crippen LogP contribution >= 0.6 is 0 Å². The Morgan fingerprint density at radius 2 is 2.18 bits per heavy atom. The highest BCUT2D eigenvalue weighted by atomic mass is 16.3. The van der Waals surface area contributed by atoms with Crippen LogP contribution in [0.25, 0.3) is 0 Å². The maximum atomic E-state index is 11.7. The molecule has 1 amide bonds. The zero-order valence-electron chi connectivity index (χ0n) is 10.6. The first-order chi connectivity index (χ1) is 8.21. The normalized spacial score (nSPS) is 10.5. The summed E-state index contributed by atoms with van der Waals surface area (Å²) >= 11 is 0. The van der Waals surface area contributed by atoms with Crippen LogP contribution in [0.3, 0.4) is 0 Å². The molecule has 0 spiro atoms. The molecule has 0 saturated heterocycles. The largest absolute Gasteiger partial charge is 0.390 e. The number of aryl methyl sites for hydroxylation is 1. The number of nitrogens with zero attached hydrogens (tertiary/aromatic N) is 2. The van der Waals surface area contributed by atoms with Crippen molar-refractivity contribution in [2.75, 3.05) is 13.1 Å². The van der Waals surface area contributed by atoms with Gasteiger partial charge in [-0.15, -0.1) is 0 Å². The Kier molecular flexibility index (Phi) is 5.69. The van der Waals surface area contributed by atoms with Crippen LogP contribution < -0.4 is 0 Å². The number of aromatic nitrogens is 2. The summed E-state index contributed by atoms with van der Waals surface area (Å²) in [6, 6.07) is 0. The Bertz CT molecular complexity index is 345. The Morgan fingerprint density at radius 3 is 2.71 bits per heavy atom.